The van der Waals surface area contributed by atoms with E-state index >= 15 is 0 Å². The standard InChI is InChI=1S/C27H29N7O3/c35-27(30-19-7-9-28-10-8-19)29-18-3-1-17(2-4-18)26-31-24(33-13-21-5-6-22(14-33)37-21)12-25(32-26)34-15-23-11-20(34)16-36-23/h1-4,7-10,12,20-23H,5-6,11,13-16H2,(H2,28,29,30,35)/t20-,21?,22?,23-/m1/s1. The van der Waals surface area contributed by atoms with Crippen LogP contribution in [0.1, 0.15) is 19.3 Å². The number of fused-ring (bicyclic) bond motifs is 4. The van der Waals surface area contributed by atoms with Crippen molar-refractivity contribution >= 4 is 29.0 Å². The molecule has 4 atom stereocenters. The third-order valence-electron chi connectivity index (χ3n) is 7.60. The van der Waals surface area contributed by atoms with E-state index < -0.39 is 0 Å². The summed E-state index contributed by atoms with van der Waals surface area (Å²) in [5.41, 5.74) is 2.27. The molecular formula is C27H29N7O3. The van der Waals surface area contributed by atoms with E-state index in [-0.39, 0.29) is 24.3 Å². The number of benzene rings is 1. The lowest BCUT2D eigenvalue weighted by Crippen LogP contribution is -2.43. The zero-order chi connectivity index (χ0) is 24.8. The molecule has 10 heteroatoms. The van der Waals surface area contributed by atoms with Crippen molar-refractivity contribution in [3.05, 3.63) is 54.9 Å². The van der Waals surface area contributed by atoms with Gasteiger partial charge in [0, 0.05) is 55.0 Å². The Labute approximate surface area is 215 Å². The van der Waals surface area contributed by atoms with Crippen LogP contribution >= 0.6 is 0 Å². The van der Waals surface area contributed by atoms with Crippen molar-refractivity contribution in [1.82, 2.24) is 15.0 Å². The van der Waals surface area contributed by atoms with Crippen LogP contribution in [0.4, 0.5) is 27.8 Å². The van der Waals surface area contributed by atoms with Crippen LogP contribution in [0, 0.1) is 0 Å². The van der Waals surface area contributed by atoms with E-state index in [1.54, 1.807) is 24.5 Å². The van der Waals surface area contributed by atoms with E-state index in [1.807, 2.05) is 24.3 Å². The summed E-state index contributed by atoms with van der Waals surface area (Å²) in [6, 6.07) is 13.3. The van der Waals surface area contributed by atoms with Crippen molar-refractivity contribution in [2.75, 3.05) is 46.7 Å². The molecule has 4 bridgehead atoms. The zero-order valence-corrected chi connectivity index (χ0v) is 20.4. The Kier molecular flexibility index (Phi) is 5.63. The van der Waals surface area contributed by atoms with E-state index in [0.717, 1.165) is 62.7 Å². The van der Waals surface area contributed by atoms with Gasteiger partial charge in [0.25, 0.3) is 0 Å². The first-order chi connectivity index (χ1) is 18.2. The van der Waals surface area contributed by atoms with Crippen LogP contribution in [-0.2, 0) is 9.47 Å². The van der Waals surface area contributed by atoms with Gasteiger partial charge in [0.05, 0.1) is 31.0 Å². The van der Waals surface area contributed by atoms with Crippen molar-refractivity contribution in [1.29, 1.82) is 0 Å². The second kappa shape index (κ2) is 9.28. The number of urea groups is 1. The lowest BCUT2D eigenvalue weighted by atomic mass is 10.2. The summed E-state index contributed by atoms with van der Waals surface area (Å²) in [5, 5.41) is 5.67. The molecule has 2 N–H and O–H groups in total. The highest BCUT2D eigenvalue weighted by Gasteiger charge is 2.40. The molecule has 4 fully saturated rings. The molecule has 190 valence electrons. The predicted molar refractivity (Wildman–Crippen MR) is 140 cm³/mol. The summed E-state index contributed by atoms with van der Waals surface area (Å²) in [6.45, 7) is 3.33. The fourth-order valence-electron chi connectivity index (χ4n) is 5.77. The number of amides is 2. The molecule has 0 saturated carbocycles. The molecule has 1 aromatic carbocycles. The smallest absolute Gasteiger partial charge is 0.323 e. The Morgan fingerprint density at radius 3 is 2.24 bits per heavy atom. The predicted octanol–water partition coefficient (Wildman–Crippen LogP) is 3.53. The van der Waals surface area contributed by atoms with Gasteiger partial charge in [-0.1, -0.05) is 0 Å². The monoisotopic (exact) mass is 499 g/mol. The van der Waals surface area contributed by atoms with Gasteiger partial charge in [0.15, 0.2) is 5.82 Å². The SMILES string of the molecule is O=C(Nc1ccncc1)Nc1ccc(-c2nc(N3CC4CCC(C3)O4)cc(N3C[C@H]4C[C@@H]3CO4)n2)cc1. The Morgan fingerprint density at radius 1 is 0.865 bits per heavy atom. The second-order valence-corrected chi connectivity index (χ2v) is 10.2. The first kappa shape index (κ1) is 22.4. The van der Waals surface area contributed by atoms with E-state index in [2.05, 4.69) is 31.5 Å². The van der Waals surface area contributed by atoms with Crippen LogP contribution in [0.3, 0.4) is 0 Å². The van der Waals surface area contributed by atoms with Crippen LogP contribution in [0.5, 0.6) is 0 Å². The van der Waals surface area contributed by atoms with E-state index in [4.69, 9.17) is 19.4 Å². The van der Waals surface area contributed by atoms with E-state index in [0.29, 0.717) is 23.2 Å². The van der Waals surface area contributed by atoms with Crippen LogP contribution in [0.15, 0.2) is 54.9 Å². The van der Waals surface area contributed by atoms with Crippen LogP contribution < -0.4 is 20.4 Å². The summed E-state index contributed by atoms with van der Waals surface area (Å²) < 4.78 is 11.9. The summed E-state index contributed by atoms with van der Waals surface area (Å²) in [7, 11) is 0. The Bertz CT molecular complexity index is 1280. The first-order valence-electron chi connectivity index (χ1n) is 12.9. The van der Waals surface area contributed by atoms with Gasteiger partial charge in [-0.3, -0.25) is 4.98 Å². The van der Waals surface area contributed by atoms with Crippen molar-refractivity contribution in [3.63, 3.8) is 0 Å². The van der Waals surface area contributed by atoms with Crippen molar-refractivity contribution in [2.24, 2.45) is 0 Å². The lowest BCUT2D eigenvalue weighted by molar-refractivity contribution is 0.0302. The van der Waals surface area contributed by atoms with Crippen molar-refractivity contribution in [3.8, 4) is 11.4 Å². The van der Waals surface area contributed by atoms with E-state index in [9.17, 15) is 4.79 Å². The van der Waals surface area contributed by atoms with Gasteiger partial charge in [-0.2, -0.15) is 0 Å². The number of nitrogens with one attached hydrogen (secondary N) is 2. The lowest BCUT2D eigenvalue weighted by Gasteiger charge is -2.34. The minimum atomic E-state index is -0.312. The minimum Gasteiger partial charge on any atom is -0.374 e. The van der Waals surface area contributed by atoms with Gasteiger partial charge in [0.1, 0.15) is 11.6 Å². The molecule has 6 heterocycles. The summed E-state index contributed by atoms with van der Waals surface area (Å²) in [5.74, 6) is 2.58. The highest BCUT2D eigenvalue weighted by molar-refractivity contribution is 5.99. The molecule has 2 aromatic heterocycles. The molecule has 0 radical (unpaired) electrons. The third-order valence-corrected chi connectivity index (χ3v) is 7.60. The highest BCUT2D eigenvalue weighted by Crippen LogP contribution is 2.36. The molecule has 4 aliphatic heterocycles. The Balaban J connectivity index is 1.14. The molecule has 4 aliphatic rings. The third kappa shape index (κ3) is 4.58. The van der Waals surface area contributed by atoms with Crippen LogP contribution in [0.25, 0.3) is 11.4 Å². The van der Waals surface area contributed by atoms with Gasteiger partial charge >= 0.3 is 6.03 Å². The molecule has 2 unspecified atom stereocenters. The topological polar surface area (TPSA) is 105 Å². The molecule has 10 nitrogen and oxygen atoms in total. The molecule has 7 rings (SSSR count). The Morgan fingerprint density at radius 2 is 1.57 bits per heavy atom. The van der Waals surface area contributed by atoms with Crippen molar-refractivity contribution < 1.29 is 14.3 Å². The molecule has 2 amide bonds. The molecule has 37 heavy (non-hydrogen) atoms. The normalized spacial score (nSPS) is 25.9. The molecule has 0 aliphatic carbocycles. The number of anilines is 4. The number of morpholine rings is 2. The average Bonchev–Trinajstić information content (AvgIpc) is 3.65. The minimum absolute atomic E-state index is 0.278. The fraction of sp³-hybridized carbons (Fsp3) is 0.407. The Hall–Kier alpha value is -3.76. The van der Waals surface area contributed by atoms with Gasteiger partial charge in [-0.25, -0.2) is 14.8 Å². The number of pyridine rings is 1. The molecule has 0 spiro atoms. The number of rotatable bonds is 5. The summed E-state index contributed by atoms with van der Waals surface area (Å²) >= 11 is 0. The number of ether oxygens (including phenoxy) is 2. The highest BCUT2D eigenvalue weighted by atomic mass is 16.5. The summed E-state index contributed by atoms with van der Waals surface area (Å²) in [4.78, 5) is 31.1. The maximum Gasteiger partial charge on any atom is 0.323 e. The van der Waals surface area contributed by atoms with Crippen LogP contribution in [-0.4, -0.2) is 71.6 Å². The number of hydrogen-bond donors (Lipinski definition) is 2. The number of hydrogen-bond acceptors (Lipinski definition) is 8. The van der Waals surface area contributed by atoms with Gasteiger partial charge in [0.2, 0.25) is 0 Å². The molecular weight excluding hydrogens is 470 g/mol. The number of nitrogens with zero attached hydrogens (tertiary/aromatic N) is 5. The first-order valence-corrected chi connectivity index (χ1v) is 12.9. The van der Waals surface area contributed by atoms with Gasteiger partial charge in [-0.05, 0) is 55.7 Å². The number of carbonyl (C=O) groups is 1. The van der Waals surface area contributed by atoms with Crippen LogP contribution in [0.2, 0.25) is 0 Å². The fourth-order valence-corrected chi connectivity index (χ4v) is 5.77. The largest absolute Gasteiger partial charge is 0.374 e. The molecule has 3 aromatic rings. The number of carbonyl (C=O) groups excluding carboxylic acids is 1. The average molecular weight is 500 g/mol. The van der Waals surface area contributed by atoms with Gasteiger partial charge < -0.3 is 29.9 Å². The zero-order valence-electron chi connectivity index (χ0n) is 20.4. The van der Waals surface area contributed by atoms with E-state index in [1.165, 1.54) is 0 Å². The maximum atomic E-state index is 12.4. The second-order valence-electron chi connectivity index (χ2n) is 10.2. The number of aromatic nitrogens is 3. The molecule has 4 saturated heterocycles. The van der Waals surface area contributed by atoms with Crippen molar-refractivity contribution in [2.45, 2.75) is 43.6 Å². The quantitative estimate of drug-likeness (QED) is 0.550. The summed E-state index contributed by atoms with van der Waals surface area (Å²) in [6.07, 6.45) is 7.39. The maximum absolute atomic E-state index is 12.4. The van der Waals surface area contributed by atoms with Gasteiger partial charge in [-0.15, -0.1) is 0 Å².